The molecule has 2 heterocycles. The second-order valence-corrected chi connectivity index (χ2v) is 10.1. The number of aromatic nitrogens is 3. The zero-order valence-corrected chi connectivity index (χ0v) is 20.5. The SMILES string of the molecule is Cc1nc(NCc2ccccc2C(F)(F)F)nc(N[C@H]2CC[C@@H](CO)C2)c1-c1nc2ccccc2s1. The third-order valence-electron chi connectivity index (χ3n) is 6.50. The van der Waals surface area contributed by atoms with E-state index in [0.717, 1.165) is 46.1 Å². The largest absolute Gasteiger partial charge is 0.416 e. The van der Waals surface area contributed by atoms with Crippen LogP contribution >= 0.6 is 11.3 Å². The normalized spacial score (nSPS) is 18.0. The molecule has 5 rings (SSSR count). The third kappa shape index (κ3) is 5.15. The number of benzene rings is 2. The van der Waals surface area contributed by atoms with E-state index in [0.29, 0.717) is 11.5 Å². The van der Waals surface area contributed by atoms with Crippen LogP contribution < -0.4 is 10.6 Å². The van der Waals surface area contributed by atoms with Gasteiger partial charge in [0.05, 0.1) is 27.0 Å². The third-order valence-corrected chi connectivity index (χ3v) is 7.55. The Morgan fingerprint density at radius 1 is 1.03 bits per heavy atom. The molecule has 0 amide bonds. The van der Waals surface area contributed by atoms with E-state index in [1.807, 2.05) is 31.2 Å². The topological polar surface area (TPSA) is 83.0 Å². The maximum atomic E-state index is 13.4. The molecule has 1 aliphatic carbocycles. The first-order valence-corrected chi connectivity index (χ1v) is 12.6. The quantitative estimate of drug-likeness (QED) is 0.270. The van der Waals surface area contributed by atoms with Crippen LogP contribution in [0.1, 0.15) is 36.1 Å². The van der Waals surface area contributed by atoms with Gasteiger partial charge in [-0.2, -0.15) is 18.2 Å². The zero-order valence-electron chi connectivity index (χ0n) is 19.6. The monoisotopic (exact) mass is 513 g/mol. The van der Waals surface area contributed by atoms with Gasteiger partial charge >= 0.3 is 6.18 Å². The summed E-state index contributed by atoms with van der Waals surface area (Å²) in [6.07, 6.45) is -1.80. The molecule has 2 aromatic carbocycles. The number of halogens is 3. The fourth-order valence-electron chi connectivity index (χ4n) is 4.68. The molecule has 2 atom stereocenters. The average molecular weight is 514 g/mol. The maximum Gasteiger partial charge on any atom is 0.416 e. The Morgan fingerprint density at radius 3 is 2.56 bits per heavy atom. The summed E-state index contributed by atoms with van der Waals surface area (Å²) in [5.41, 5.74) is 1.78. The molecule has 2 aromatic heterocycles. The summed E-state index contributed by atoms with van der Waals surface area (Å²) >= 11 is 1.55. The predicted octanol–water partition coefficient (Wildman–Crippen LogP) is 6.27. The van der Waals surface area contributed by atoms with Crippen LogP contribution in [-0.4, -0.2) is 32.7 Å². The molecule has 188 valence electrons. The first-order valence-electron chi connectivity index (χ1n) is 11.8. The van der Waals surface area contributed by atoms with E-state index in [-0.39, 0.29) is 36.6 Å². The summed E-state index contributed by atoms with van der Waals surface area (Å²) < 4.78 is 41.3. The van der Waals surface area contributed by atoms with E-state index in [1.165, 1.54) is 12.1 Å². The first kappa shape index (κ1) is 24.5. The van der Waals surface area contributed by atoms with Crippen LogP contribution in [-0.2, 0) is 12.7 Å². The minimum absolute atomic E-state index is 0.0644. The number of nitrogens with zero attached hydrogens (tertiary/aromatic N) is 3. The molecule has 0 radical (unpaired) electrons. The number of nitrogens with one attached hydrogen (secondary N) is 2. The number of hydrogen-bond donors (Lipinski definition) is 3. The number of hydrogen-bond acceptors (Lipinski definition) is 7. The Kier molecular flexibility index (Phi) is 6.81. The summed E-state index contributed by atoms with van der Waals surface area (Å²) in [6, 6.07) is 13.5. The highest BCUT2D eigenvalue weighted by atomic mass is 32.1. The van der Waals surface area contributed by atoms with Crippen molar-refractivity contribution in [3.05, 3.63) is 65.4 Å². The second-order valence-electron chi connectivity index (χ2n) is 9.05. The van der Waals surface area contributed by atoms with Gasteiger partial charge in [-0.15, -0.1) is 11.3 Å². The van der Waals surface area contributed by atoms with Crippen molar-refractivity contribution in [3.8, 4) is 10.6 Å². The molecule has 10 heteroatoms. The molecule has 1 fully saturated rings. The van der Waals surface area contributed by atoms with E-state index in [4.69, 9.17) is 9.97 Å². The van der Waals surface area contributed by atoms with Crippen LogP contribution in [0.3, 0.4) is 0 Å². The van der Waals surface area contributed by atoms with Crippen molar-refractivity contribution < 1.29 is 18.3 Å². The summed E-state index contributed by atoms with van der Waals surface area (Å²) in [6.45, 7) is 1.94. The van der Waals surface area contributed by atoms with Crippen molar-refractivity contribution in [3.63, 3.8) is 0 Å². The zero-order chi connectivity index (χ0) is 25.3. The van der Waals surface area contributed by atoms with Crippen molar-refractivity contribution in [1.82, 2.24) is 15.0 Å². The Hall–Kier alpha value is -3.24. The van der Waals surface area contributed by atoms with Gasteiger partial charge in [0, 0.05) is 19.2 Å². The molecule has 4 aromatic rings. The number of fused-ring (bicyclic) bond motifs is 1. The van der Waals surface area contributed by atoms with E-state index in [2.05, 4.69) is 15.6 Å². The molecule has 0 spiro atoms. The van der Waals surface area contributed by atoms with Crippen LogP contribution in [0.25, 0.3) is 20.8 Å². The van der Waals surface area contributed by atoms with Crippen molar-refractivity contribution in [2.24, 2.45) is 5.92 Å². The molecular formula is C26H26F3N5OS. The lowest BCUT2D eigenvalue weighted by molar-refractivity contribution is -0.138. The van der Waals surface area contributed by atoms with E-state index in [1.54, 1.807) is 17.4 Å². The van der Waals surface area contributed by atoms with E-state index < -0.39 is 11.7 Å². The molecule has 36 heavy (non-hydrogen) atoms. The van der Waals surface area contributed by atoms with E-state index in [9.17, 15) is 18.3 Å². The van der Waals surface area contributed by atoms with Crippen molar-refractivity contribution in [2.45, 2.75) is 44.9 Å². The number of para-hydroxylation sites is 1. The molecule has 0 unspecified atom stereocenters. The highest BCUT2D eigenvalue weighted by Gasteiger charge is 2.33. The number of aryl methyl sites for hydroxylation is 1. The van der Waals surface area contributed by atoms with Crippen molar-refractivity contribution >= 4 is 33.3 Å². The van der Waals surface area contributed by atoms with E-state index >= 15 is 0 Å². The summed E-state index contributed by atoms with van der Waals surface area (Å²) in [5, 5.41) is 16.8. The Bertz CT molecular complexity index is 1340. The molecule has 3 N–H and O–H groups in total. The molecule has 1 saturated carbocycles. The Morgan fingerprint density at radius 2 is 1.81 bits per heavy atom. The van der Waals surface area contributed by atoms with Crippen LogP contribution in [0.2, 0.25) is 0 Å². The number of thiazole rings is 1. The van der Waals surface area contributed by atoms with Crippen LogP contribution in [0.15, 0.2) is 48.5 Å². The Balaban J connectivity index is 1.48. The van der Waals surface area contributed by atoms with Gasteiger partial charge in [-0.3, -0.25) is 0 Å². The van der Waals surface area contributed by atoms with Gasteiger partial charge in [0.2, 0.25) is 5.95 Å². The van der Waals surface area contributed by atoms with Gasteiger partial charge in [0.15, 0.2) is 0 Å². The van der Waals surface area contributed by atoms with Crippen LogP contribution in [0.4, 0.5) is 24.9 Å². The molecule has 6 nitrogen and oxygen atoms in total. The molecule has 0 aliphatic heterocycles. The number of aliphatic hydroxyl groups is 1. The average Bonchev–Trinajstić information content (AvgIpc) is 3.48. The Labute approximate surface area is 210 Å². The van der Waals surface area contributed by atoms with Gasteiger partial charge < -0.3 is 15.7 Å². The fraction of sp³-hybridized carbons (Fsp3) is 0.346. The lowest BCUT2D eigenvalue weighted by atomic mass is 10.1. The van der Waals surface area contributed by atoms with Crippen LogP contribution in [0.5, 0.6) is 0 Å². The van der Waals surface area contributed by atoms with Crippen LogP contribution in [0, 0.1) is 12.8 Å². The fourth-order valence-corrected chi connectivity index (χ4v) is 5.75. The first-order chi connectivity index (χ1) is 17.3. The standard InChI is InChI=1S/C26H26F3N5OS/c1-15-22(24-33-20-8-4-5-9-21(20)36-24)23(32-18-11-10-16(12-18)14-35)34-25(31-15)30-13-17-6-2-3-7-19(17)26(27,28)29/h2-9,16,18,35H,10-14H2,1H3,(H2,30,31,32,34)/t16-,18+/m1/s1. The van der Waals surface area contributed by atoms with Gasteiger partial charge in [0.1, 0.15) is 10.8 Å². The number of alkyl halides is 3. The second kappa shape index (κ2) is 10.0. The molecular weight excluding hydrogens is 487 g/mol. The maximum absolute atomic E-state index is 13.4. The highest BCUT2D eigenvalue weighted by Crippen LogP contribution is 2.38. The predicted molar refractivity (Wildman–Crippen MR) is 136 cm³/mol. The minimum atomic E-state index is -4.44. The molecule has 0 bridgehead atoms. The number of anilines is 2. The lowest BCUT2D eigenvalue weighted by Gasteiger charge is -2.19. The molecule has 1 aliphatic rings. The van der Waals surface area contributed by atoms with Crippen molar-refractivity contribution in [2.75, 3.05) is 17.2 Å². The summed E-state index contributed by atoms with van der Waals surface area (Å²) in [7, 11) is 0. The van der Waals surface area contributed by atoms with Gasteiger partial charge in [0.25, 0.3) is 0 Å². The van der Waals surface area contributed by atoms with Crippen molar-refractivity contribution in [1.29, 1.82) is 0 Å². The number of rotatable bonds is 7. The molecule has 0 saturated heterocycles. The minimum Gasteiger partial charge on any atom is -0.396 e. The lowest BCUT2D eigenvalue weighted by Crippen LogP contribution is -2.19. The number of aliphatic hydroxyl groups excluding tert-OH is 1. The highest BCUT2D eigenvalue weighted by molar-refractivity contribution is 7.21. The van der Waals surface area contributed by atoms with Gasteiger partial charge in [-0.25, -0.2) is 9.97 Å². The summed E-state index contributed by atoms with van der Waals surface area (Å²) in [5.74, 6) is 1.08. The summed E-state index contributed by atoms with van der Waals surface area (Å²) in [4.78, 5) is 14.1. The van der Waals surface area contributed by atoms with Gasteiger partial charge in [-0.05, 0) is 55.9 Å². The smallest absolute Gasteiger partial charge is 0.396 e. The van der Waals surface area contributed by atoms with Gasteiger partial charge in [-0.1, -0.05) is 30.3 Å².